The molecule has 15 heavy (non-hydrogen) atoms. The highest BCUT2D eigenvalue weighted by molar-refractivity contribution is 6.25. The third kappa shape index (κ3) is 3.37. The monoisotopic (exact) mass is 268 g/mol. The smallest absolute Gasteiger partial charge is 0.0149 e. The fourth-order valence-corrected chi connectivity index (χ4v) is 3.34. The number of rotatable bonds is 3. The van der Waals surface area contributed by atoms with Crippen LogP contribution in [0.3, 0.4) is 0 Å². The second-order valence-corrected chi connectivity index (χ2v) is 4.91. The molecular weight excluding hydrogens is 229 g/mol. The molecule has 3 heteroatoms. The highest BCUT2D eigenvalue weighted by atomic mass is 35.5. The van der Waals surface area contributed by atoms with Gasteiger partial charge in [0.15, 0.2) is 0 Å². The van der Waals surface area contributed by atoms with Crippen LogP contribution in [0.4, 0.5) is 0 Å². The lowest BCUT2D eigenvalue weighted by Crippen LogP contribution is -3.00. The van der Waals surface area contributed by atoms with Crippen molar-refractivity contribution in [3.8, 4) is 0 Å². The first-order valence-electron chi connectivity index (χ1n) is 5.90. The Morgan fingerprint density at radius 3 is 2.80 bits per heavy atom. The number of halogens is 2. The third-order valence-corrected chi connectivity index (χ3v) is 4.10. The van der Waals surface area contributed by atoms with Gasteiger partial charge in [-0.05, 0) is 31.1 Å². The van der Waals surface area contributed by atoms with Gasteiger partial charge in [0.2, 0.25) is 0 Å². The molecule has 2 rings (SSSR count). The molecule has 3 unspecified atom stereocenters. The van der Waals surface area contributed by atoms with Crippen molar-refractivity contribution in [1.29, 1.82) is 0 Å². The summed E-state index contributed by atoms with van der Waals surface area (Å²) in [4.78, 5) is 0. The summed E-state index contributed by atoms with van der Waals surface area (Å²) >= 11 is 5.50. The number of hydrogen-bond donors (Lipinski definition) is 1. The topological polar surface area (TPSA) is 12.0 Å². The van der Waals surface area contributed by atoms with Crippen molar-refractivity contribution in [3.63, 3.8) is 0 Å². The van der Waals surface area contributed by atoms with E-state index in [2.05, 4.69) is 5.32 Å². The minimum atomic E-state index is 0. The van der Waals surface area contributed by atoms with Gasteiger partial charge in [0.25, 0.3) is 0 Å². The first kappa shape index (κ1) is 13.3. The molecule has 0 heterocycles. The van der Waals surface area contributed by atoms with Crippen LogP contribution in [0.25, 0.3) is 0 Å². The zero-order chi connectivity index (χ0) is 9.80. The molecule has 2 aliphatic rings. The molecule has 0 amide bonds. The Morgan fingerprint density at radius 1 is 1.20 bits per heavy atom. The van der Waals surface area contributed by atoms with Gasteiger partial charge in [0.05, 0.1) is 0 Å². The molecule has 3 atom stereocenters. The largest absolute Gasteiger partial charge is 1.00 e. The molecule has 2 aliphatic carbocycles. The molecule has 2 saturated carbocycles. The molecule has 0 bridgehead atoms. The quantitative estimate of drug-likeness (QED) is 0.830. The van der Waals surface area contributed by atoms with Crippen molar-refractivity contribution in [2.45, 2.75) is 44.6 Å². The van der Waals surface area contributed by atoms with Crippen LogP contribution in [0.5, 0.6) is 0 Å². The molecule has 0 aromatic rings. The van der Waals surface area contributed by atoms with Crippen molar-refractivity contribution in [1.82, 2.24) is 5.32 Å². The van der Waals surface area contributed by atoms with E-state index < -0.39 is 0 Å². The summed E-state index contributed by atoms with van der Waals surface area (Å²) in [6.45, 7) is 0.942. The molecule has 0 saturated heterocycles. The summed E-state index contributed by atoms with van der Waals surface area (Å²) in [7, 11) is 0. The van der Waals surface area contributed by atoms with E-state index in [1.807, 2.05) is 6.08 Å². The van der Waals surface area contributed by atoms with Crippen LogP contribution in [0.2, 0.25) is 0 Å². The van der Waals surface area contributed by atoms with E-state index in [-0.39, 0.29) is 26.7 Å². The van der Waals surface area contributed by atoms with Crippen LogP contribution in [0, 0.1) is 11.8 Å². The maximum Gasteiger partial charge on any atom is 0.0149 e. The lowest BCUT2D eigenvalue weighted by Gasteiger charge is -2.29. The molecule has 0 radical (unpaired) electrons. The van der Waals surface area contributed by atoms with E-state index in [9.17, 15) is 0 Å². The normalized spacial score (nSPS) is 35.1. The summed E-state index contributed by atoms with van der Waals surface area (Å²) in [5.74, 6) is 1.99. The highest BCUT2D eigenvalue weighted by Gasteiger charge is 2.36. The number of nitrogens with one attached hydrogen (secondary N) is 1. The van der Waals surface area contributed by atoms with Gasteiger partial charge in [0, 0.05) is 32.4 Å². The lowest BCUT2D eigenvalue weighted by atomic mass is 9.80. The van der Waals surface area contributed by atoms with E-state index in [1.165, 1.54) is 38.5 Å². The minimum Gasteiger partial charge on any atom is -1.00 e. The van der Waals surface area contributed by atoms with Gasteiger partial charge < -0.3 is 17.7 Å². The summed E-state index contributed by atoms with van der Waals surface area (Å²) < 4.78 is 0. The number of fused-ring (bicyclic) bond motifs is 1. The maximum absolute atomic E-state index is 5.50. The van der Waals surface area contributed by atoms with Crippen molar-refractivity contribution in [3.05, 3.63) is 11.6 Å². The first-order valence-corrected chi connectivity index (χ1v) is 6.34. The highest BCUT2D eigenvalue weighted by Crippen LogP contribution is 2.42. The van der Waals surface area contributed by atoms with Gasteiger partial charge in [-0.25, -0.2) is 0 Å². The van der Waals surface area contributed by atoms with E-state index in [0.717, 1.165) is 24.4 Å². The van der Waals surface area contributed by atoms with E-state index in [0.29, 0.717) is 0 Å². The molecule has 0 aromatic carbocycles. The molecule has 1 N–H and O–H groups in total. The average molecular weight is 269 g/mol. The Bertz CT molecular complexity index is 230. The zero-order valence-corrected chi connectivity index (χ0v) is 10.6. The van der Waals surface area contributed by atoms with Crippen molar-refractivity contribution in [2.75, 3.05) is 6.54 Å². The summed E-state index contributed by atoms with van der Waals surface area (Å²) in [5, 5.41) is 3.61. The van der Waals surface area contributed by atoms with Crippen LogP contribution in [0.1, 0.15) is 52.8 Å². The van der Waals surface area contributed by atoms with Gasteiger partial charge in [-0.2, -0.15) is 0 Å². The Kier molecular flexibility index (Phi) is 6.03. The van der Waals surface area contributed by atoms with Crippen LogP contribution in [-0.4, -0.2) is 12.6 Å². The van der Waals surface area contributed by atoms with Crippen LogP contribution in [0.15, 0.2) is 11.6 Å². The molecule has 0 aliphatic heterocycles. The van der Waals surface area contributed by atoms with Gasteiger partial charge in [-0.1, -0.05) is 36.9 Å². The van der Waals surface area contributed by atoms with Gasteiger partial charge in [-0.3, -0.25) is 0 Å². The fourth-order valence-electron chi connectivity index (χ4n) is 3.25. The van der Waals surface area contributed by atoms with Crippen molar-refractivity contribution in [2.24, 2.45) is 11.8 Å². The standard InChI is InChI=1S/C12H20ClN.ClH.10H2/c13-8-3-9-14-12-7-6-10-4-1-2-5-11(10)12;;;;;;;;;;;/h3,8,10-12,14H,1-2,4-7,9H2;11*1H/p-1/b8-3-;;;;;;;;;;;. The Labute approximate surface area is 119 Å². The molecule has 108 valence electrons. The molecular formula is C12H40Cl2N-. The molecule has 0 spiro atoms. The Hall–Kier alpha value is 0.280. The fraction of sp³-hybridized carbons (Fsp3) is 0.833. The minimum absolute atomic E-state index is 0. The van der Waals surface area contributed by atoms with Gasteiger partial charge in [-0.15, -0.1) is 0 Å². The van der Waals surface area contributed by atoms with Crippen LogP contribution < -0.4 is 17.7 Å². The van der Waals surface area contributed by atoms with Crippen LogP contribution >= 0.6 is 11.6 Å². The summed E-state index contributed by atoms with van der Waals surface area (Å²) in [5.41, 5.74) is 1.61. The summed E-state index contributed by atoms with van der Waals surface area (Å²) in [6, 6.07) is 0.771. The Balaban J connectivity index is -0.0000000256. The van der Waals surface area contributed by atoms with Crippen LogP contribution in [-0.2, 0) is 0 Å². The second kappa shape index (κ2) is 6.78. The lowest BCUT2D eigenvalue weighted by molar-refractivity contribution is -0.00000292. The van der Waals surface area contributed by atoms with Gasteiger partial charge in [0.1, 0.15) is 0 Å². The van der Waals surface area contributed by atoms with E-state index in [1.54, 1.807) is 5.54 Å². The average Bonchev–Trinajstić information content (AvgIpc) is 2.63. The Morgan fingerprint density at radius 2 is 2.00 bits per heavy atom. The first-order chi connectivity index (χ1) is 6.92. The van der Waals surface area contributed by atoms with Crippen molar-refractivity contribution >= 4 is 11.6 Å². The third-order valence-electron chi connectivity index (χ3n) is 3.92. The van der Waals surface area contributed by atoms with Crippen molar-refractivity contribution < 1.29 is 26.7 Å². The molecule has 0 aromatic heterocycles. The predicted octanol–water partition coefficient (Wildman–Crippen LogP) is 2.76. The second-order valence-electron chi connectivity index (χ2n) is 4.66. The van der Waals surface area contributed by atoms with E-state index in [4.69, 9.17) is 11.6 Å². The van der Waals surface area contributed by atoms with E-state index >= 15 is 0 Å². The molecule has 1 nitrogen and oxygen atoms in total. The summed E-state index contributed by atoms with van der Waals surface area (Å²) in [6.07, 6.45) is 10.7. The number of hydrogen-bond acceptors (Lipinski definition) is 1. The zero-order valence-electron chi connectivity index (χ0n) is 9.09. The predicted molar refractivity (Wildman–Crippen MR) is 82.6 cm³/mol. The van der Waals surface area contributed by atoms with Gasteiger partial charge >= 0.3 is 0 Å². The maximum atomic E-state index is 5.50. The SMILES string of the molecule is Cl/C=C\CNC1CCC2CCCCC21.[Cl-].[HH].[HH].[HH].[HH].[HH].[HH].[HH].[HH].[HH].[HH]. The molecule has 2 fully saturated rings.